The van der Waals surface area contributed by atoms with Gasteiger partial charge in [0.1, 0.15) is 16.8 Å². The number of nitrogens with zero attached hydrogens (tertiary/aromatic N) is 3. The van der Waals surface area contributed by atoms with Crippen LogP contribution in [0.1, 0.15) is 45.4 Å². The predicted octanol–water partition coefficient (Wildman–Crippen LogP) is 3.84. The summed E-state index contributed by atoms with van der Waals surface area (Å²) in [5, 5.41) is 0.546. The van der Waals surface area contributed by atoms with Gasteiger partial charge in [-0.25, -0.2) is 9.97 Å². The van der Waals surface area contributed by atoms with Crippen molar-refractivity contribution >= 4 is 17.4 Å². The Hall–Kier alpha value is -0.830. The van der Waals surface area contributed by atoms with Gasteiger partial charge in [0.15, 0.2) is 0 Å². The first-order valence-corrected chi connectivity index (χ1v) is 7.22. The highest BCUT2D eigenvalue weighted by atomic mass is 35.5. The van der Waals surface area contributed by atoms with Crippen LogP contribution >= 0.6 is 11.6 Å². The second-order valence-electron chi connectivity index (χ2n) is 5.58. The molecule has 0 radical (unpaired) electrons. The molecule has 0 aliphatic heterocycles. The van der Waals surface area contributed by atoms with Crippen LogP contribution in [0.4, 0.5) is 5.82 Å². The molecule has 0 amide bonds. The largest absolute Gasteiger partial charge is 0.353 e. The summed E-state index contributed by atoms with van der Waals surface area (Å²) in [6.45, 7) is 7.43. The smallest absolute Gasteiger partial charge is 0.134 e. The van der Waals surface area contributed by atoms with Crippen LogP contribution in [0.15, 0.2) is 6.07 Å². The fraction of sp³-hybridized carbons (Fsp3) is 0.714. The molecule has 100 valence electrons. The SMILES string of the molecule is Cc1nc(Cl)cc(N(CC(C)C)C2CCCC2)n1. The lowest BCUT2D eigenvalue weighted by Crippen LogP contribution is -2.37. The molecule has 0 unspecified atom stereocenters. The van der Waals surface area contributed by atoms with Gasteiger partial charge in [0, 0.05) is 18.7 Å². The summed E-state index contributed by atoms with van der Waals surface area (Å²) in [4.78, 5) is 11.1. The van der Waals surface area contributed by atoms with Gasteiger partial charge in [0.05, 0.1) is 0 Å². The Morgan fingerprint density at radius 1 is 1.33 bits per heavy atom. The molecule has 1 saturated carbocycles. The lowest BCUT2D eigenvalue weighted by Gasteiger charge is -2.31. The summed E-state index contributed by atoms with van der Waals surface area (Å²) >= 11 is 6.06. The minimum atomic E-state index is 0.546. The third-order valence-electron chi connectivity index (χ3n) is 3.41. The molecular weight excluding hydrogens is 246 g/mol. The van der Waals surface area contributed by atoms with Crippen LogP contribution in [0.5, 0.6) is 0 Å². The Labute approximate surface area is 115 Å². The van der Waals surface area contributed by atoms with E-state index < -0.39 is 0 Å². The highest BCUT2D eigenvalue weighted by molar-refractivity contribution is 6.29. The van der Waals surface area contributed by atoms with Gasteiger partial charge in [-0.3, -0.25) is 0 Å². The number of anilines is 1. The van der Waals surface area contributed by atoms with E-state index in [1.807, 2.05) is 13.0 Å². The van der Waals surface area contributed by atoms with Crippen molar-refractivity contribution in [2.45, 2.75) is 52.5 Å². The van der Waals surface area contributed by atoms with E-state index in [9.17, 15) is 0 Å². The average molecular weight is 268 g/mol. The molecule has 0 aromatic carbocycles. The van der Waals surface area contributed by atoms with Crippen LogP contribution < -0.4 is 4.90 Å². The number of halogens is 1. The Morgan fingerprint density at radius 2 is 2.00 bits per heavy atom. The third kappa shape index (κ3) is 3.35. The summed E-state index contributed by atoms with van der Waals surface area (Å²) < 4.78 is 0. The second-order valence-corrected chi connectivity index (χ2v) is 5.97. The average Bonchev–Trinajstić information content (AvgIpc) is 2.77. The molecule has 4 heteroatoms. The molecule has 1 heterocycles. The van der Waals surface area contributed by atoms with Crippen LogP contribution in [0, 0.1) is 12.8 Å². The second kappa shape index (κ2) is 5.87. The Balaban J connectivity index is 2.26. The van der Waals surface area contributed by atoms with Crippen molar-refractivity contribution in [3.63, 3.8) is 0 Å². The molecule has 1 aliphatic rings. The first kappa shape index (κ1) is 13.6. The van der Waals surface area contributed by atoms with Crippen molar-refractivity contribution in [3.05, 3.63) is 17.0 Å². The summed E-state index contributed by atoms with van der Waals surface area (Å²) in [6.07, 6.45) is 5.20. The van der Waals surface area contributed by atoms with Crippen molar-refractivity contribution < 1.29 is 0 Å². The van der Waals surface area contributed by atoms with Crippen LogP contribution in [-0.4, -0.2) is 22.6 Å². The van der Waals surface area contributed by atoms with Crippen molar-refractivity contribution in [2.24, 2.45) is 5.92 Å². The van der Waals surface area contributed by atoms with Crippen molar-refractivity contribution in [1.82, 2.24) is 9.97 Å². The molecule has 0 atom stereocenters. The fourth-order valence-corrected chi connectivity index (χ4v) is 2.92. The molecule has 0 spiro atoms. The highest BCUT2D eigenvalue weighted by Gasteiger charge is 2.24. The maximum absolute atomic E-state index is 6.06. The van der Waals surface area contributed by atoms with Gasteiger partial charge < -0.3 is 4.90 Å². The van der Waals surface area contributed by atoms with Crippen molar-refractivity contribution in [3.8, 4) is 0 Å². The lowest BCUT2D eigenvalue weighted by molar-refractivity contribution is 0.530. The summed E-state index contributed by atoms with van der Waals surface area (Å²) in [6, 6.07) is 2.52. The molecule has 2 rings (SSSR count). The van der Waals surface area contributed by atoms with E-state index in [0.717, 1.165) is 18.2 Å². The van der Waals surface area contributed by atoms with E-state index in [4.69, 9.17) is 11.6 Å². The minimum absolute atomic E-state index is 0.546. The molecule has 1 fully saturated rings. The topological polar surface area (TPSA) is 29.0 Å². The maximum Gasteiger partial charge on any atom is 0.134 e. The first-order valence-electron chi connectivity index (χ1n) is 6.84. The van der Waals surface area contributed by atoms with Crippen molar-refractivity contribution in [1.29, 1.82) is 0 Å². The van der Waals surface area contributed by atoms with Crippen molar-refractivity contribution in [2.75, 3.05) is 11.4 Å². The molecule has 18 heavy (non-hydrogen) atoms. The molecule has 1 aromatic heterocycles. The van der Waals surface area contributed by atoms with Crippen LogP contribution in [0.3, 0.4) is 0 Å². The highest BCUT2D eigenvalue weighted by Crippen LogP contribution is 2.28. The predicted molar refractivity (Wildman–Crippen MR) is 76.2 cm³/mol. The zero-order chi connectivity index (χ0) is 13.1. The normalized spacial score (nSPS) is 16.5. The molecule has 1 aromatic rings. The molecule has 0 N–H and O–H groups in total. The van der Waals surface area contributed by atoms with E-state index in [2.05, 4.69) is 28.7 Å². The zero-order valence-corrected chi connectivity index (χ0v) is 12.2. The lowest BCUT2D eigenvalue weighted by atomic mass is 10.1. The molecule has 0 bridgehead atoms. The van der Waals surface area contributed by atoms with Gasteiger partial charge in [-0.05, 0) is 25.7 Å². The minimum Gasteiger partial charge on any atom is -0.353 e. The zero-order valence-electron chi connectivity index (χ0n) is 11.5. The summed E-state index contributed by atoms with van der Waals surface area (Å²) in [5.41, 5.74) is 0. The number of hydrogen-bond donors (Lipinski definition) is 0. The summed E-state index contributed by atoms with van der Waals surface area (Å²) in [7, 11) is 0. The summed E-state index contributed by atoms with van der Waals surface area (Å²) in [5.74, 6) is 2.37. The monoisotopic (exact) mass is 267 g/mol. The Bertz CT molecular complexity index is 380. The van der Waals surface area contributed by atoms with Crippen LogP contribution in [0.2, 0.25) is 5.15 Å². The maximum atomic E-state index is 6.06. The van der Waals surface area contributed by atoms with E-state index in [1.165, 1.54) is 25.7 Å². The number of aromatic nitrogens is 2. The van der Waals surface area contributed by atoms with E-state index >= 15 is 0 Å². The Morgan fingerprint density at radius 3 is 2.56 bits per heavy atom. The number of hydrogen-bond acceptors (Lipinski definition) is 3. The Kier molecular flexibility index (Phi) is 4.44. The van der Waals surface area contributed by atoms with Crippen LogP contribution in [0.25, 0.3) is 0 Å². The standard InChI is InChI=1S/C14H22ClN3/c1-10(2)9-18(12-6-4-5-7-12)14-8-13(15)16-11(3)17-14/h8,10,12H,4-7,9H2,1-3H3. The quantitative estimate of drug-likeness (QED) is 0.776. The van der Waals surface area contributed by atoms with E-state index in [-0.39, 0.29) is 0 Å². The molecule has 0 saturated heterocycles. The van der Waals surface area contributed by atoms with Gasteiger partial charge in [-0.15, -0.1) is 0 Å². The van der Waals surface area contributed by atoms with Gasteiger partial charge in [-0.1, -0.05) is 38.3 Å². The third-order valence-corrected chi connectivity index (χ3v) is 3.61. The van der Waals surface area contributed by atoms with Crippen LogP contribution in [-0.2, 0) is 0 Å². The molecular formula is C14H22ClN3. The molecule has 3 nitrogen and oxygen atoms in total. The first-order chi connectivity index (χ1) is 8.56. The van der Waals surface area contributed by atoms with E-state index in [1.54, 1.807) is 0 Å². The van der Waals surface area contributed by atoms with Gasteiger partial charge in [0.25, 0.3) is 0 Å². The number of rotatable bonds is 4. The molecule has 1 aliphatic carbocycles. The van der Waals surface area contributed by atoms with Gasteiger partial charge >= 0.3 is 0 Å². The van der Waals surface area contributed by atoms with Gasteiger partial charge in [0.2, 0.25) is 0 Å². The number of aryl methyl sites for hydroxylation is 1. The fourth-order valence-electron chi connectivity index (χ4n) is 2.70. The van der Waals surface area contributed by atoms with Gasteiger partial charge in [-0.2, -0.15) is 0 Å². The van der Waals surface area contributed by atoms with E-state index in [0.29, 0.717) is 17.1 Å².